The molecule has 0 unspecified atom stereocenters. The predicted octanol–water partition coefficient (Wildman–Crippen LogP) is 7.53. The van der Waals surface area contributed by atoms with Crippen molar-refractivity contribution < 1.29 is 12.6 Å². The normalized spacial score (nSPS) is 11.5. The predicted molar refractivity (Wildman–Crippen MR) is 131 cm³/mol. The first-order valence-corrected chi connectivity index (χ1v) is 14.1. The summed E-state index contributed by atoms with van der Waals surface area (Å²) in [5, 5.41) is 0. The van der Waals surface area contributed by atoms with E-state index in [1.165, 1.54) is 96.3 Å². The van der Waals surface area contributed by atoms with Crippen LogP contribution in [0.15, 0.2) is 0 Å². The first-order chi connectivity index (χ1) is 13.6. The third kappa shape index (κ3) is 26.9. The van der Waals surface area contributed by atoms with Gasteiger partial charge in [0.25, 0.3) is 10.1 Å². The van der Waals surface area contributed by atoms with Crippen LogP contribution in [0.2, 0.25) is 0 Å². The zero-order valence-electron chi connectivity index (χ0n) is 19.2. The molecule has 0 aromatic carbocycles. The van der Waals surface area contributed by atoms with E-state index in [1.807, 2.05) is 0 Å². The Morgan fingerprint density at radius 1 is 0.483 bits per heavy atom. The molecule has 0 aliphatic heterocycles. The van der Waals surface area contributed by atoms with Gasteiger partial charge in [-0.1, -0.05) is 129 Å². The van der Waals surface area contributed by atoms with Crippen LogP contribution in [0.25, 0.3) is 0 Å². The molecule has 0 spiro atoms. The molecule has 0 saturated heterocycles. The summed E-state index contributed by atoms with van der Waals surface area (Å²) in [5.41, 5.74) is 0. The molecule has 0 saturated carbocycles. The van der Waals surface area contributed by atoms with Crippen LogP contribution in [0.5, 0.6) is 0 Å². The SMILES string of the molecule is CCCCCCCCCCCCCCCOS(=O)(=O)CCCCCCCCC.[NaH]. The molecule has 0 aromatic heterocycles. The Bertz CT molecular complexity index is 399. The fourth-order valence-corrected chi connectivity index (χ4v) is 4.65. The van der Waals surface area contributed by atoms with Crippen LogP contribution in [0.3, 0.4) is 0 Å². The van der Waals surface area contributed by atoms with Crippen molar-refractivity contribution >= 4 is 39.7 Å². The van der Waals surface area contributed by atoms with Crippen LogP contribution in [-0.2, 0) is 14.3 Å². The third-order valence-corrected chi connectivity index (χ3v) is 6.82. The summed E-state index contributed by atoms with van der Waals surface area (Å²) < 4.78 is 28.9. The van der Waals surface area contributed by atoms with Crippen molar-refractivity contribution in [3.63, 3.8) is 0 Å². The van der Waals surface area contributed by atoms with E-state index >= 15 is 0 Å². The molecule has 3 nitrogen and oxygen atoms in total. The van der Waals surface area contributed by atoms with Gasteiger partial charge in [-0.2, -0.15) is 8.42 Å². The zero-order chi connectivity index (χ0) is 20.8. The average Bonchev–Trinajstić information content (AvgIpc) is 2.67. The van der Waals surface area contributed by atoms with Gasteiger partial charge in [0.05, 0.1) is 12.4 Å². The van der Waals surface area contributed by atoms with Crippen LogP contribution in [0, 0.1) is 0 Å². The van der Waals surface area contributed by atoms with Gasteiger partial charge in [-0.25, -0.2) is 0 Å². The van der Waals surface area contributed by atoms with E-state index in [-0.39, 0.29) is 35.3 Å². The van der Waals surface area contributed by atoms with Crippen molar-refractivity contribution in [3.8, 4) is 0 Å². The molecule has 0 heterocycles. The Morgan fingerprint density at radius 2 is 0.793 bits per heavy atom. The summed E-state index contributed by atoms with van der Waals surface area (Å²) in [6, 6.07) is 0. The Kier molecular flexibility index (Phi) is 27.9. The topological polar surface area (TPSA) is 43.4 Å². The minimum absolute atomic E-state index is 0. The van der Waals surface area contributed by atoms with Crippen LogP contribution in [0.4, 0.5) is 0 Å². The summed E-state index contributed by atoms with van der Waals surface area (Å²) in [4.78, 5) is 0. The van der Waals surface area contributed by atoms with E-state index in [2.05, 4.69) is 13.8 Å². The molecule has 172 valence electrons. The van der Waals surface area contributed by atoms with Crippen molar-refractivity contribution in [2.75, 3.05) is 12.4 Å². The molecule has 0 aliphatic rings. The quantitative estimate of drug-likeness (QED) is 0.0933. The molecule has 5 heteroatoms. The van der Waals surface area contributed by atoms with Gasteiger partial charge in [0.2, 0.25) is 0 Å². The van der Waals surface area contributed by atoms with E-state index in [4.69, 9.17) is 4.18 Å². The first-order valence-electron chi connectivity index (χ1n) is 12.5. The molecular weight excluding hydrogens is 391 g/mol. The maximum absolute atomic E-state index is 11.9. The summed E-state index contributed by atoms with van der Waals surface area (Å²) in [6.07, 6.45) is 24.8. The Labute approximate surface area is 205 Å². The molecule has 0 atom stereocenters. The van der Waals surface area contributed by atoms with E-state index in [9.17, 15) is 8.42 Å². The first kappa shape index (κ1) is 32.1. The van der Waals surface area contributed by atoms with Gasteiger partial charge in [-0.15, -0.1) is 0 Å². The molecule has 0 N–H and O–H groups in total. The molecule has 0 bridgehead atoms. The third-order valence-electron chi connectivity index (χ3n) is 5.51. The molecule has 0 aliphatic carbocycles. The number of hydrogen-bond donors (Lipinski definition) is 0. The molecule has 0 radical (unpaired) electrons. The summed E-state index contributed by atoms with van der Waals surface area (Å²) in [7, 11) is -3.30. The average molecular weight is 443 g/mol. The van der Waals surface area contributed by atoms with Gasteiger partial charge in [0.15, 0.2) is 0 Å². The second-order valence-electron chi connectivity index (χ2n) is 8.45. The van der Waals surface area contributed by atoms with Gasteiger partial charge >= 0.3 is 29.6 Å². The fraction of sp³-hybridized carbons (Fsp3) is 1.00. The van der Waals surface area contributed by atoms with Crippen molar-refractivity contribution in [2.24, 2.45) is 0 Å². The molecule has 0 fully saturated rings. The summed E-state index contributed by atoms with van der Waals surface area (Å²) in [5.74, 6) is 0.194. The van der Waals surface area contributed by atoms with E-state index < -0.39 is 10.1 Å². The number of unbranched alkanes of at least 4 members (excludes halogenated alkanes) is 18. The van der Waals surface area contributed by atoms with Crippen LogP contribution >= 0.6 is 0 Å². The maximum atomic E-state index is 11.9. The van der Waals surface area contributed by atoms with Gasteiger partial charge in [-0.3, -0.25) is 4.18 Å². The summed E-state index contributed by atoms with van der Waals surface area (Å²) >= 11 is 0. The van der Waals surface area contributed by atoms with Crippen molar-refractivity contribution in [3.05, 3.63) is 0 Å². The van der Waals surface area contributed by atoms with E-state index in [0.717, 1.165) is 32.1 Å². The standard InChI is InChI=1S/C24H50O3S.Na.H/c1-3-5-7-9-11-12-13-14-15-16-17-19-21-23-27-28(25,26)24-22-20-18-10-8-6-4-2;;/h3-24H2,1-2H3;;. The summed E-state index contributed by atoms with van der Waals surface area (Å²) in [6.45, 7) is 4.85. The molecule has 0 rings (SSSR count). The molecule has 0 amide bonds. The van der Waals surface area contributed by atoms with Gasteiger partial charge < -0.3 is 0 Å². The monoisotopic (exact) mass is 442 g/mol. The Hall–Kier alpha value is 0.910. The second kappa shape index (κ2) is 25.2. The number of hydrogen-bond acceptors (Lipinski definition) is 3. The van der Waals surface area contributed by atoms with Crippen LogP contribution in [0.1, 0.15) is 142 Å². The van der Waals surface area contributed by atoms with Crippen LogP contribution < -0.4 is 0 Å². The van der Waals surface area contributed by atoms with Crippen molar-refractivity contribution in [1.82, 2.24) is 0 Å². The van der Waals surface area contributed by atoms with Crippen LogP contribution in [-0.4, -0.2) is 50.3 Å². The second-order valence-corrected chi connectivity index (χ2v) is 10.2. The fourth-order valence-electron chi connectivity index (χ4n) is 3.60. The number of rotatable bonds is 23. The minimum atomic E-state index is -3.30. The Morgan fingerprint density at radius 3 is 1.17 bits per heavy atom. The van der Waals surface area contributed by atoms with Crippen molar-refractivity contribution in [2.45, 2.75) is 142 Å². The zero-order valence-corrected chi connectivity index (χ0v) is 20.0. The molecular formula is C24H51NaO3S. The van der Waals surface area contributed by atoms with E-state index in [1.54, 1.807) is 0 Å². The molecule has 29 heavy (non-hydrogen) atoms. The van der Waals surface area contributed by atoms with Gasteiger partial charge in [-0.05, 0) is 12.8 Å². The van der Waals surface area contributed by atoms with Gasteiger partial charge in [0, 0.05) is 0 Å². The van der Waals surface area contributed by atoms with Gasteiger partial charge in [0.1, 0.15) is 0 Å². The Balaban J connectivity index is 0. The molecule has 0 aromatic rings. The van der Waals surface area contributed by atoms with Crippen molar-refractivity contribution in [1.29, 1.82) is 0 Å². The van der Waals surface area contributed by atoms with E-state index in [0.29, 0.717) is 6.61 Å².